The van der Waals surface area contributed by atoms with E-state index in [-0.39, 0.29) is 0 Å². The van der Waals surface area contributed by atoms with E-state index in [2.05, 4.69) is 15.3 Å². The van der Waals surface area contributed by atoms with Crippen molar-refractivity contribution in [1.82, 2.24) is 15.3 Å². The molecule has 186 valence electrons. The lowest BCUT2D eigenvalue weighted by molar-refractivity contribution is 0.393. The van der Waals surface area contributed by atoms with Crippen molar-refractivity contribution in [1.29, 1.82) is 0 Å². The van der Waals surface area contributed by atoms with E-state index in [0.29, 0.717) is 74.0 Å². The van der Waals surface area contributed by atoms with Crippen LogP contribution in [0.2, 0.25) is 10.0 Å². The fourth-order valence-electron chi connectivity index (χ4n) is 4.02. The zero-order valence-electron chi connectivity index (χ0n) is 20.0. The topological polar surface area (TPSA) is 82.3 Å². The highest BCUT2D eigenvalue weighted by molar-refractivity contribution is 6.39. The summed E-state index contributed by atoms with van der Waals surface area (Å²) in [5.74, 6) is 0.435. The molecule has 0 atom stereocenters. The van der Waals surface area contributed by atoms with Gasteiger partial charge in [-0.3, -0.25) is 4.98 Å². The predicted molar refractivity (Wildman–Crippen MR) is 142 cm³/mol. The lowest BCUT2D eigenvalue weighted by atomic mass is 9.99. The molecule has 0 radical (unpaired) electrons. The number of halogens is 3. The van der Waals surface area contributed by atoms with Gasteiger partial charge in [0, 0.05) is 52.7 Å². The summed E-state index contributed by atoms with van der Waals surface area (Å²) >= 11 is 13.7. The largest absolute Gasteiger partial charge is 0.496 e. The number of nitrogens with two attached hydrogens (primary N) is 1. The summed E-state index contributed by atoms with van der Waals surface area (Å²) in [4.78, 5) is 9.00. The molecule has 0 saturated heterocycles. The first-order valence-electron chi connectivity index (χ1n) is 11.1. The predicted octanol–water partition coefficient (Wildman–Crippen LogP) is 6.12. The molecule has 0 spiro atoms. The van der Waals surface area contributed by atoms with Crippen LogP contribution in [0.15, 0.2) is 54.7 Å². The van der Waals surface area contributed by atoms with Crippen LogP contribution >= 0.6 is 23.2 Å². The number of nitrogens with one attached hydrogen (secondary N) is 1. The van der Waals surface area contributed by atoms with Gasteiger partial charge in [0.1, 0.15) is 11.6 Å². The summed E-state index contributed by atoms with van der Waals surface area (Å²) in [6, 6.07) is 14.2. The third kappa shape index (κ3) is 4.88. The third-order valence-electron chi connectivity index (χ3n) is 5.81. The molecular weight excluding hydrogens is 502 g/mol. The van der Waals surface area contributed by atoms with Gasteiger partial charge in [-0.05, 0) is 31.3 Å². The number of benzene rings is 2. The van der Waals surface area contributed by atoms with E-state index in [0.717, 1.165) is 5.56 Å². The Morgan fingerprint density at radius 3 is 2.42 bits per heavy atom. The Morgan fingerprint density at radius 1 is 0.972 bits per heavy atom. The molecule has 0 amide bonds. The molecule has 2 heterocycles. The monoisotopic (exact) mass is 526 g/mol. The smallest absolute Gasteiger partial charge is 0.218 e. The summed E-state index contributed by atoms with van der Waals surface area (Å²) in [6.07, 6.45) is 1.61. The van der Waals surface area contributed by atoms with Crippen molar-refractivity contribution in [2.24, 2.45) is 5.73 Å². The first kappa shape index (κ1) is 25.9. The van der Waals surface area contributed by atoms with Crippen LogP contribution in [0.4, 0.5) is 4.39 Å². The highest BCUT2D eigenvalue weighted by atomic mass is 35.5. The number of pyridine rings is 2. The van der Waals surface area contributed by atoms with Crippen LogP contribution < -0.4 is 20.5 Å². The van der Waals surface area contributed by atoms with Crippen molar-refractivity contribution >= 4 is 23.2 Å². The lowest BCUT2D eigenvalue weighted by Crippen LogP contribution is -2.09. The SMILES string of the molecule is CNCc1c(F)cc(-c2nccc(-c3cccc(-c4ccc(CN)c(OC)n4)c3Cl)c2Cl)cc1OC. The third-order valence-corrected chi connectivity index (χ3v) is 6.60. The highest BCUT2D eigenvalue weighted by Crippen LogP contribution is 2.42. The molecule has 0 bridgehead atoms. The molecule has 0 aliphatic carbocycles. The molecule has 0 unspecified atom stereocenters. The summed E-state index contributed by atoms with van der Waals surface area (Å²) in [5.41, 5.74) is 10.6. The second kappa shape index (κ2) is 11.2. The summed E-state index contributed by atoms with van der Waals surface area (Å²) in [7, 11) is 4.78. The van der Waals surface area contributed by atoms with E-state index in [1.54, 1.807) is 32.5 Å². The Balaban J connectivity index is 1.82. The minimum absolute atomic E-state index is 0.306. The fraction of sp³-hybridized carbons (Fsp3) is 0.185. The van der Waals surface area contributed by atoms with Crippen molar-refractivity contribution in [2.75, 3.05) is 21.3 Å². The van der Waals surface area contributed by atoms with E-state index in [1.807, 2.05) is 30.3 Å². The molecule has 2 aromatic heterocycles. The summed E-state index contributed by atoms with van der Waals surface area (Å²) in [6.45, 7) is 0.630. The zero-order valence-corrected chi connectivity index (χ0v) is 21.5. The fourth-order valence-corrected chi connectivity index (χ4v) is 4.67. The quantitative estimate of drug-likeness (QED) is 0.288. The Hall–Kier alpha value is -3.23. The normalized spacial score (nSPS) is 11.0. The van der Waals surface area contributed by atoms with Gasteiger partial charge in [-0.2, -0.15) is 0 Å². The van der Waals surface area contributed by atoms with Gasteiger partial charge in [0.2, 0.25) is 5.88 Å². The molecule has 6 nitrogen and oxygen atoms in total. The summed E-state index contributed by atoms with van der Waals surface area (Å²) < 4.78 is 25.7. The van der Waals surface area contributed by atoms with E-state index in [4.69, 9.17) is 38.4 Å². The molecule has 0 fully saturated rings. The first-order valence-corrected chi connectivity index (χ1v) is 11.9. The number of rotatable bonds is 8. The van der Waals surface area contributed by atoms with Crippen molar-refractivity contribution in [3.8, 4) is 45.3 Å². The molecule has 0 aliphatic heterocycles. The van der Waals surface area contributed by atoms with Crippen molar-refractivity contribution < 1.29 is 13.9 Å². The number of ether oxygens (including phenoxy) is 2. The lowest BCUT2D eigenvalue weighted by Gasteiger charge is -2.15. The maximum Gasteiger partial charge on any atom is 0.218 e. The number of hydrogen-bond donors (Lipinski definition) is 2. The summed E-state index contributed by atoms with van der Waals surface area (Å²) in [5, 5.41) is 3.74. The van der Waals surface area contributed by atoms with Gasteiger partial charge < -0.3 is 20.5 Å². The average Bonchev–Trinajstić information content (AvgIpc) is 2.90. The maximum atomic E-state index is 14.9. The van der Waals surface area contributed by atoms with E-state index < -0.39 is 5.82 Å². The van der Waals surface area contributed by atoms with Gasteiger partial charge in [-0.25, -0.2) is 9.37 Å². The molecule has 4 rings (SSSR count). The second-order valence-corrected chi connectivity index (χ2v) is 8.68. The first-order chi connectivity index (χ1) is 17.4. The Morgan fingerprint density at radius 2 is 1.72 bits per heavy atom. The van der Waals surface area contributed by atoms with E-state index in [9.17, 15) is 4.39 Å². The van der Waals surface area contributed by atoms with Crippen LogP contribution in [-0.4, -0.2) is 31.2 Å². The van der Waals surface area contributed by atoms with Crippen LogP contribution in [-0.2, 0) is 13.1 Å². The molecule has 36 heavy (non-hydrogen) atoms. The van der Waals surface area contributed by atoms with Crippen molar-refractivity contribution in [3.05, 3.63) is 81.7 Å². The number of aromatic nitrogens is 2. The molecule has 3 N–H and O–H groups in total. The van der Waals surface area contributed by atoms with Crippen LogP contribution in [0.3, 0.4) is 0 Å². The Kier molecular flexibility index (Phi) is 8.06. The zero-order chi connectivity index (χ0) is 25.8. The van der Waals surface area contributed by atoms with Gasteiger partial charge >= 0.3 is 0 Å². The minimum Gasteiger partial charge on any atom is -0.496 e. The van der Waals surface area contributed by atoms with Crippen LogP contribution in [0, 0.1) is 5.82 Å². The second-order valence-electron chi connectivity index (χ2n) is 7.93. The van der Waals surface area contributed by atoms with Crippen molar-refractivity contribution in [3.63, 3.8) is 0 Å². The molecule has 0 saturated carbocycles. The van der Waals surface area contributed by atoms with Crippen LogP contribution in [0.25, 0.3) is 33.6 Å². The highest BCUT2D eigenvalue weighted by Gasteiger charge is 2.19. The van der Waals surface area contributed by atoms with Gasteiger partial charge in [0.05, 0.1) is 35.7 Å². The number of hydrogen-bond acceptors (Lipinski definition) is 6. The molecule has 9 heteroatoms. The average molecular weight is 527 g/mol. The van der Waals surface area contributed by atoms with Crippen LogP contribution in [0.5, 0.6) is 11.6 Å². The molecular formula is C27H25Cl2FN4O2. The van der Waals surface area contributed by atoms with Crippen molar-refractivity contribution in [2.45, 2.75) is 13.1 Å². The van der Waals surface area contributed by atoms with Gasteiger partial charge in [-0.1, -0.05) is 47.5 Å². The Labute approximate surface area is 219 Å². The Bertz CT molecular complexity index is 1420. The maximum absolute atomic E-state index is 14.9. The standard InChI is InChI=1S/C27H25Cl2FN4O2/c1-32-14-20-21(30)11-16(12-23(20)35-2)26-25(29)18(9-10-33-26)17-5-4-6-19(24(17)28)22-8-7-15(13-31)27(34-22)36-3/h4-12,32H,13-14,31H2,1-3H3. The number of nitrogens with zero attached hydrogens (tertiary/aromatic N) is 2. The van der Waals surface area contributed by atoms with E-state index in [1.165, 1.54) is 13.2 Å². The number of methoxy groups -OCH3 is 2. The molecule has 4 aromatic rings. The van der Waals surface area contributed by atoms with Gasteiger partial charge in [0.25, 0.3) is 0 Å². The molecule has 0 aliphatic rings. The minimum atomic E-state index is -0.414. The van der Waals surface area contributed by atoms with Crippen LogP contribution in [0.1, 0.15) is 11.1 Å². The van der Waals surface area contributed by atoms with Gasteiger partial charge in [-0.15, -0.1) is 0 Å². The van der Waals surface area contributed by atoms with Gasteiger partial charge in [0.15, 0.2) is 0 Å². The van der Waals surface area contributed by atoms with E-state index >= 15 is 0 Å². The molecule has 2 aromatic carbocycles.